The maximum absolute atomic E-state index is 11.8. The normalized spacial score (nSPS) is 18.9. The van der Waals surface area contributed by atoms with E-state index in [1.807, 2.05) is 18.2 Å². The molecule has 2 unspecified atom stereocenters. The molecule has 0 spiro atoms. The summed E-state index contributed by atoms with van der Waals surface area (Å²) in [6.07, 6.45) is -0.773. The van der Waals surface area contributed by atoms with Gasteiger partial charge in [-0.2, -0.15) is 0 Å². The second-order valence-electron chi connectivity index (χ2n) is 4.72. The lowest BCUT2D eigenvalue weighted by Crippen LogP contribution is -2.52. The lowest BCUT2D eigenvalue weighted by Gasteiger charge is -2.23. The predicted molar refractivity (Wildman–Crippen MR) is 88.5 cm³/mol. The van der Waals surface area contributed by atoms with Gasteiger partial charge in [-0.3, -0.25) is 4.79 Å². The third-order valence-corrected chi connectivity index (χ3v) is 3.67. The minimum absolute atomic E-state index is 0. The van der Waals surface area contributed by atoms with E-state index in [2.05, 4.69) is 26.6 Å². The first-order chi connectivity index (χ1) is 10.2. The number of para-hydroxylation sites is 1. The summed E-state index contributed by atoms with van der Waals surface area (Å²) in [5.41, 5.74) is 0. The lowest BCUT2D eigenvalue weighted by atomic mass is 10.2. The predicted octanol–water partition coefficient (Wildman–Crippen LogP) is 0.715. The van der Waals surface area contributed by atoms with Crippen LogP contribution < -0.4 is 15.4 Å². The summed E-state index contributed by atoms with van der Waals surface area (Å²) in [5.74, 6) is 0.486. The minimum Gasteiger partial charge on any atom is -0.490 e. The van der Waals surface area contributed by atoms with Crippen molar-refractivity contribution in [2.24, 2.45) is 0 Å². The van der Waals surface area contributed by atoms with Gasteiger partial charge < -0.3 is 25.2 Å². The zero-order valence-electron chi connectivity index (χ0n) is 12.0. The molecule has 2 atom stereocenters. The Morgan fingerprint density at radius 2 is 2.32 bits per heavy atom. The number of amides is 1. The van der Waals surface area contributed by atoms with Crippen molar-refractivity contribution in [1.29, 1.82) is 0 Å². The highest BCUT2D eigenvalue weighted by Gasteiger charge is 2.21. The van der Waals surface area contributed by atoms with Crippen LogP contribution in [0.4, 0.5) is 0 Å². The van der Waals surface area contributed by atoms with E-state index >= 15 is 0 Å². The highest BCUT2D eigenvalue weighted by Crippen LogP contribution is 2.23. The third kappa shape index (κ3) is 6.10. The largest absolute Gasteiger partial charge is 0.490 e. The first kappa shape index (κ1) is 19.2. The highest BCUT2D eigenvalue weighted by molar-refractivity contribution is 9.10. The maximum atomic E-state index is 11.8. The Morgan fingerprint density at radius 3 is 3.00 bits per heavy atom. The van der Waals surface area contributed by atoms with E-state index in [0.717, 1.165) is 4.47 Å². The molecule has 1 aromatic rings. The van der Waals surface area contributed by atoms with E-state index in [-0.39, 0.29) is 37.5 Å². The number of aliphatic hydroxyl groups excluding tert-OH is 1. The molecule has 0 aliphatic carbocycles. The van der Waals surface area contributed by atoms with Gasteiger partial charge in [0.05, 0.1) is 17.7 Å². The van der Waals surface area contributed by atoms with E-state index in [4.69, 9.17) is 9.47 Å². The number of morpholine rings is 1. The molecule has 2 rings (SSSR count). The number of carbonyl (C=O) groups excluding carboxylic acids is 1. The van der Waals surface area contributed by atoms with Gasteiger partial charge in [0.25, 0.3) is 0 Å². The zero-order chi connectivity index (χ0) is 15.1. The van der Waals surface area contributed by atoms with Crippen LogP contribution in [0, 0.1) is 0 Å². The minimum atomic E-state index is -0.773. The first-order valence-corrected chi connectivity index (χ1v) is 7.60. The SMILES string of the molecule is Cl.O=C(NCC(O)COc1ccccc1Br)C1COCCN1. The van der Waals surface area contributed by atoms with E-state index in [1.54, 1.807) is 6.07 Å². The summed E-state index contributed by atoms with van der Waals surface area (Å²) in [7, 11) is 0. The Balaban J connectivity index is 0.00000242. The van der Waals surface area contributed by atoms with Crippen molar-refractivity contribution in [3.8, 4) is 5.75 Å². The molecule has 0 radical (unpaired) electrons. The molecule has 1 aliphatic heterocycles. The van der Waals surface area contributed by atoms with E-state index in [9.17, 15) is 9.90 Å². The molecule has 1 aromatic carbocycles. The summed E-state index contributed by atoms with van der Waals surface area (Å²) in [6, 6.07) is 7.04. The van der Waals surface area contributed by atoms with Crippen LogP contribution in [-0.4, -0.2) is 56.1 Å². The summed E-state index contributed by atoms with van der Waals surface area (Å²) < 4.78 is 11.5. The fourth-order valence-electron chi connectivity index (χ4n) is 1.88. The number of halogens is 2. The molecule has 1 amide bonds. The molecule has 0 bridgehead atoms. The lowest BCUT2D eigenvalue weighted by molar-refractivity contribution is -0.126. The average Bonchev–Trinajstić information content (AvgIpc) is 2.52. The molecule has 0 aromatic heterocycles. The molecule has 3 N–H and O–H groups in total. The molecule has 1 aliphatic rings. The number of carbonyl (C=O) groups is 1. The monoisotopic (exact) mass is 394 g/mol. The Hall–Kier alpha value is -0.860. The summed E-state index contributed by atoms with van der Waals surface area (Å²) in [4.78, 5) is 11.8. The van der Waals surface area contributed by atoms with E-state index in [1.165, 1.54) is 0 Å². The van der Waals surface area contributed by atoms with Crippen molar-refractivity contribution >= 4 is 34.2 Å². The quantitative estimate of drug-likeness (QED) is 0.661. The van der Waals surface area contributed by atoms with Crippen LogP contribution in [0.15, 0.2) is 28.7 Å². The van der Waals surface area contributed by atoms with Crippen molar-refractivity contribution in [2.75, 3.05) is 32.9 Å². The van der Waals surface area contributed by atoms with Gasteiger partial charge in [-0.15, -0.1) is 12.4 Å². The van der Waals surface area contributed by atoms with Crippen LogP contribution in [0.3, 0.4) is 0 Å². The second kappa shape index (κ2) is 10.0. The number of hydrogen-bond donors (Lipinski definition) is 3. The van der Waals surface area contributed by atoms with Gasteiger partial charge in [0.2, 0.25) is 5.91 Å². The van der Waals surface area contributed by atoms with Crippen LogP contribution in [-0.2, 0) is 9.53 Å². The zero-order valence-corrected chi connectivity index (χ0v) is 14.4. The van der Waals surface area contributed by atoms with E-state index < -0.39 is 6.10 Å². The number of hydrogen-bond acceptors (Lipinski definition) is 5. The first-order valence-electron chi connectivity index (χ1n) is 6.81. The molecular weight excluding hydrogens is 376 g/mol. The smallest absolute Gasteiger partial charge is 0.239 e. The van der Waals surface area contributed by atoms with Gasteiger partial charge in [0, 0.05) is 13.1 Å². The maximum Gasteiger partial charge on any atom is 0.239 e. The number of benzene rings is 1. The molecular formula is C14H20BrClN2O4. The summed E-state index contributed by atoms with van der Waals surface area (Å²) in [6.45, 7) is 1.88. The molecule has 22 heavy (non-hydrogen) atoms. The van der Waals surface area contributed by atoms with Gasteiger partial charge in [0.15, 0.2) is 0 Å². The summed E-state index contributed by atoms with van der Waals surface area (Å²) >= 11 is 3.36. The standard InChI is InChI=1S/C14H19BrN2O4.ClH/c15-11-3-1-2-4-13(11)21-8-10(18)7-17-14(19)12-9-20-6-5-16-12;/h1-4,10,12,16,18H,5-9H2,(H,17,19);1H. The third-order valence-electron chi connectivity index (χ3n) is 3.02. The Kier molecular flexibility index (Phi) is 8.74. The van der Waals surface area contributed by atoms with Gasteiger partial charge in [-0.1, -0.05) is 12.1 Å². The molecule has 1 heterocycles. The van der Waals surface area contributed by atoms with Gasteiger partial charge in [0.1, 0.15) is 24.5 Å². The van der Waals surface area contributed by atoms with Crippen molar-refractivity contribution < 1.29 is 19.4 Å². The number of aliphatic hydroxyl groups is 1. The fourth-order valence-corrected chi connectivity index (χ4v) is 2.28. The van der Waals surface area contributed by atoms with Crippen molar-refractivity contribution in [3.63, 3.8) is 0 Å². The van der Waals surface area contributed by atoms with Crippen molar-refractivity contribution in [2.45, 2.75) is 12.1 Å². The second-order valence-corrected chi connectivity index (χ2v) is 5.58. The topological polar surface area (TPSA) is 79.8 Å². The molecule has 1 fully saturated rings. The Labute approximate surface area is 144 Å². The van der Waals surface area contributed by atoms with Gasteiger partial charge >= 0.3 is 0 Å². The van der Waals surface area contributed by atoms with E-state index in [0.29, 0.717) is 25.5 Å². The molecule has 124 valence electrons. The summed E-state index contributed by atoms with van der Waals surface area (Å²) in [5, 5.41) is 15.6. The van der Waals surface area contributed by atoms with Crippen LogP contribution in [0.5, 0.6) is 5.75 Å². The number of nitrogens with one attached hydrogen (secondary N) is 2. The fraction of sp³-hybridized carbons (Fsp3) is 0.500. The molecule has 8 heteroatoms. The van der Waals surface area contributed by atoms with Crippen LogP contribution >= 0.6 is 28.3 Å². The van der Waals surface area contributed by atoms with Gasteiger partial charge in [-0.05, 0) is 28.1 Å². The number of ether oxygens (including phenoxy) is 2. The molecule has 0 saturated carbocycles. The molecule has 1 saturated heterocycles. The van der Waals surface area contributed by atoms with Gasteiger partial charge in [-0.25, -0.2) is 0 Å². The van der Waals surface area contributed by atoms with Crippen molar-refractivity contribution in [3.05, 3.63) is 28.7 Å². The Bertz CT molecular complexity index is 472. The molecule has 6 nitrogen and oxygen atoms in total. The number of rotatable bonds is 6. The average molecular weight is 396 g/mol. The Morgan fingerprint density at radius 1 is 1.55 bits per heavy atom. The van der Waals surface area contributed by atoms with Crippen molar-refractivity contribution in [1.82, 2.24) is 10.6 Å². The van der Waals surface area contributed by atoms with Crippen LogP contribution in [0.1, 0.15) is 0 Å². The highest BCUT2D eigenvalue weighted by atomic mass is 79.9. The van der Waals surface area contributed by atoms with Crippen LogP contribution in [0.25, 0.3) is 0 Å². The van der Waals surface area contributed by atoms with Crippen LogP contribution in [0.2, 0.25) is 0 Å².